The van der Waals surface area contributed by atoms with Crippen molar-refractivity contribution in [2.24, 2.45) is 0 Å². The van der Waals surface area contributed by atoms with Crippen molar-refractivity contribution in [1.29, 1.82) is 0 Å². The number of hydrogen-bond acceptors (Lipinski definition) is 5. The zero-order chi connectivity index (χ0) is 17.7. The molecule has 0 saturated carbocycles. The van der Waals surface area contributed by atoms with Gasteiger partial charge in [0.2, 0.25) is 0 Å². The Labute approximate surface area is 170 Å². The van der Waals surface area contributed by atoms with Crippen LogP contribution in [0.2, 0.25) is 0 Å². The van der Waals surface area contributed by atoms with Crippen molar-refractivity contribution in [1.82, 2.24) is 15.0 Å². The Morgan fingerprint density at radius 2 is 1.92 bits per heavy atom. The van der Waals surface area contributed by atoms with E-state index in [1.165, 1.54) is 18.5 Å². The molecule has 0 unspecified atom stereocenters. The number of aromatic nitrogens is 1. The van der Waals surface area contributed by atoms with Gasteiger partial charge in [0.15, 0.2) is 0 Å². The molecule has 0 saturated heterocycles. The van der Waals surface area contributed by atoms with E-state index in [2.05, 4.69) is 15.6 Å². The Balaban J connectivity index is 0.00000312. The van der Waals surface area contributed by atoms with Crippen LogP contribution in [0.4, 0.5) is 16.2 Å². The zero-order valence-corrected chi connectivity index (χ0v) is 14.5. The van der Waals surface area contributed by atoms with Gasteiger partial charge < -0.3 is 10.6 Å². The van der Waals surface area contributed by atoms with Gasteiger partial charge in [0, 0.05) is 24.1 Å². The average Bonchev–Trinajstić information content (AvgIpc) is 2.46. The second kappa shape index (κ2) is 9.19. The summed E-state index contributed by atoms with van der Waals surface area (Å²) in [6.45, 7) is 5.41. The van der Waals surface area contributed by atoms with E-state index in [0.29, 0.717) is 5.69 Å². The molecular weight excluding hydrogens is 351 g/mol. The zero-order valence-electron chi connectivity index (χ0n) is 13.7. The van der Waals surface area contributed by atoms with Crippen molar-refractivity contribution in [2.45, 2.75) is 31.7 Å². The number of carbonyl (C=O) groups excluding carboxylic acids is 1. The molecule has 1 heterocycles. The molecule has 7 nitrogen and oxygen atoms in total. The van der Waals surface area contributed by atoms with Crippen LogP contribution in [0.1, 0.15) is 19.4 Å². The van der Waals surface area contributed by atoms with Crippen molar-refractivity contribution in [3.63, 3.8) is 0 Å². The first-order valence-electron chi connectivity index (χ1n) is 7.39. The van der Waals surface area contributed by atoms with Gasteiger partial charge in [0.1, 0.15) is 4.90 Å². The summed E-state index contributed by atoms with van der Waals surface area (Å²) in [5, 5.41) is 5.52. The van der Waals surface area contributed by atoms with Gasteiger partial charge in [-0.25, -0.2) is 17.9 Å². The number of sulfonamides is 1. The molecule has 1 aromatic heterocycles. The van der Waals surface area contributed by atoms with Crippen molar-refractivity contribution in [2.75, 3.05) is 5.32 Å². The molecular formula is C16H21N4NaO3S. The fourth-order valence-electron chi connectivity index (χ4n) is 2.04. The summed E-state index contributed by atoms with van der Waals surface area (Å²) in [7, 11) is -4.05. The second-order valence-electron chi connectivity index (χ2n) is 5.60. The number of nitrogens with zero attached hydrogens (tertiary/aromatic N) is 1. The summed E-state index contributed by atoms with van der Waals surface area (Å²) in [5.74, 6) is 0. The topological polar surface area (TPSA) is 100 Å². The summed E-state index contributed by atoms with van der Waals surface area (Å²) < 4.78 is 26.9. The summed E-state index contributed by atoms with van der Waals surface area (Å²) in [6, 6.07) is 8.08. The molecule has 0 aliphatic heterocycles. The number of pyridine rings is 1. The number of benzene rings is 1. The first-order valence-corrected chi connectivity index (χ1v) is 8.87. The van der Waals surface area contributed by atoms with Gasteiger partial charge in [-0.2, -0.15) is 0 Å². The van der Waals surface area contributed by atoms with Gasteiger partial charge in [0.25, 0.3) is 10.0 Å². The van der Waals surface area contributed by atoms with Crippen molar-refractivity contribution in [3.05, 3.63) is 48.3 Å². The number of amides is 2. The molecule has 3 N–H and O–H groups in total. The molecule has 0 spiro atoms. The molecule has 25 heavy (non-hydrogen) atoms. The van der Waals surface area contributed by atoms with Crippen LogP contribution < -0.4 is 15.4 Å². The standard InChI is InChI=1S/C16H20N4O3S.Na.H/c1-11(2)18-16(21)20-24(22,23)15-10-17-8-7-14(15)19-13-6-4-5-12(3)9-13;;/h4-11H,1-3H3,(H,17,19)(H2,18,20,21);;. The number of rotatable bonds is 5. The molecule has 2 aromatic rings. The quantitative estimate of drug-likeness (QED) is 0.696. The van der Waals surface area contributed by atoms with Crippen LogP contribution in [-0.4, -0.2) is 55.0 Å². The van der Waals surface area contributed by atoms with Gasteiger partial charge >= 0.3 is 35.6 Å². The Hall–Kier alpha value is -1.61. The van der Waals surface area contributed by atoms with E-state index in [1.54, 1.807) is 13.8 Å². The number of hydrogen-bond donors (Lipinski definition) is 3. The maximum absolute atomic E-state index is 12.5. The predicted octanol–water partition coefficient (Wildman–Crippen LogP) is 1.88. The maximum atomic E-state index is 12.5. The van der Waals surface area contributed by atoms with E-state index in [9.17, 15) is 13.2 Å². The van der Waals surface area contributed by atoms with Gasteiger partial charge in [-0.3, -0.25) is 4.98 Å². The summed E-state index contributed by atoms with van der Waals surface area (Å²) in [5.41, 5.74) is 2.11. The minimum absolute atomic E-state index is 0. The number of aryl methyl sites for hydroxylation is 1. The number of carbonyl (C=O) groups is 1. The van der Waals surface area contributed by atoms with E-state index < -0.39 is 16.1 Å². The minimum atomic E-state index is -4.05. The normalized spacial score (nSPS) is 10.7. The van der Waals surface area contributed by atoms with Crippen LogP contribution in [0, 0.1) is 6.92 Å². The summed E-state index contributed by atoms with van der Waals surface area (Å²) in [4.78, 5) is 15.5. The average molecular weight is 372 g/mol. The van der Waals surface area contributed by atoms with Crippen LogP contribution in [-0.2, 0) is 10.0 Å². The third kappa shape index (κ3) is 6.32. The van der Waals surface area contributed by atoms with E-state index in [0.717, 1.165) is 11.3 Å². The Morgan fingerprint density at radius 3 is 2.56 bits per heavy atom. The van der Waals surface area contributed by atoms with Crippen LogP contribution in [0.3, 0.4) is 0 Å². The van der Waals surface area contributed by atoms with Gasteiger partial charge in [0.05, 0.1) is 5.69 Å². The van der Waals surface area contributed by atoms with Crippen molar-refractivity contribution < 1.29 is 13.2 Å². The number of anilines is 2. The molecule has 0 radical (unpaired) electrons. The molecule has 2 rings (SSSR count). The second-order valence-corrected chi connectivity index (χ2v) is 7.25. The first kappa shape index (κ1) is 21.4. The van der Waals surface area contributed by atoms with E-state index in [-0.39, 0.29) is 40.5 Å². The van der Waals surface area contributed by atoms with Gasteiger partial charge in [-0.1, -0.05) is 12.1 Å². The van der Waals surface area contributed by atoms with Gasteiger partial charge in [-0.15, -0.1) is 0 Å². The summed E-state index contributed by atoms with van der Waals surface area (Å²) in [6.07, 6.45) is 2.68. The predicted molar refractivity (Wildman–Crippen MR) is 99.8 cm³/mol. The molecule has 0 aliphatic carbocycles. The Kier molecular flexibility index (Phi) is 7.88. The third-order valence-corrected chi connectivity index (χ3v) is 4.38. The molecule has 0 fully saturated rings. The monoisotopic (exact) mass is 372 g/mol. The van der Waals surface area contributed by atoms with E-state index >= 15 is 0 Å². The van der Waals surface area contributed by atoms with E-state index in [1.807, 2.05) is 35.9 Å². The fraction of sp³-hybridized carbons (Fsp3) is 0.250. The van der Waals surface area contributed by atoms with E-state index in [4.69, 9.17) is 0 Å². The fourth-order valence-corrected chi connectivity index (χ4v) is 3.07. The Bertz CT molecular complexity index is 841. The molecule has 0 bridgehead atoms. The molecule has 0 atom stereocenters. The molecule has 9 heteroatoms. The van der Waals surface area contributed by atoms with Crippen LogP contribution >= 0.6 is 0 Å². The summed E-state index contributed by atoms with van der Waals surface area (Å²) >= 11 is 0. The first-order chi connectivity index (χ1) is 11.3. The Morgan fingerprint density at radius 1 is 1.20 bits per heavy atom. The van der Waals surface area contributed by atoms with Gasteiger partial charge in [-0.05, 0) is 44.5 Å². The van der Waals surface area contributed by atoms with Crippen LogP contribution in [0.15, 0.2) is 47.6 Å². The van der Waals surface area contributed by atoms with Crippen molar-refractivity contribution >= 4 is 57.0 Å². The van der Waals surface area contributed by atoms with Crippen LogP contribution in [0.5, 0.6) is 0 Å². The molecule has 2 amide bonds. The SMILES string of the molecule is Cc1cccc(Nc2ccncc2S(=O)(=O)NC(=O)NC(C)C)c1.[NaH]. The van der Waals surface area contributed by atoms with Crippen molar-refractivity contribution in [3.8, 4) is 0 Å². The molecule has 1 aromatic carbocycles. The molecule has 130 valence electrons. The molecule has 0 aliphatic rings. The number of urea groups is 1. The third-order valence-electron chi connectivity index (χ3n) is 3.02. The van der Waals surface area contributed by atoms with Crippen LogP contribution in [0.25, 0.3) is 0 Å². The number of nitrogens with one attached hydrogen (secondary N) is 3.